The Balaban J connectivity index is 1.97. The predicted octanol–water partition coefficient (Wildman–Crippen LogP) is 1.67. The minimum atomic E-state index is -5.34. The summed E-state index contributed by atoms with van der Waals surface area (Å²) < 4.78 is 59.3. The molecule has 116 valence electrons. The first-order chi connectivity index (χ1) is 9.70. The van der Waals surface area contributed by atoms with Gasteiger partial charge in [-0.05, 0) is 37.1 Å². The fourth-order valence-electron chi connectivity index (χ4n) is 1.57. The van der Waals surface area contributed by atoms with E-state index >= 15 is 0 Å². The van der Waals surface area contributed by atoms with E-state index in [9.17, 15) is 26.4 Å². The van der Waals surface area contributed by atoms with E-state index in [-0.39, 0.29) is 18.5 Å². The van der Waals surface area contributed by atoms with E-state index in [1.54, 1.807) is 0 Å². The van der Waals surface area contributed by atoms with Crippen LogP contribution in [0.25, 0.3) is 0 Å². The van der Waals surface area contributed by atoms with Gasteiger partial charge in [0.05, 0.1) is 11.4 Å². The van der Waals surface area contributed by atoms with E-state index in [2.05, 4.69) is 10.6 Å². The summed E-state index contributed by atoms with van der Waals surface area (Å²) in [5.41, 5.74) is -4.96. The summed E-state index contributed by atoms with van der Waals surface area (Å²) >= 11 is 0. The molecule has 1 aliphatic rings. The zero-order chi connectivity index (χ0) is 15.7. The Kier molecular flexibility index (Phi) is 4.13. The van der Waals surface area contributed by atoms with E-state index in [1.807, 2.05) is 0 Å². The summed E-state index contributed by atoms with van der Waals surface area (Å²) in [6.45, 7) is -0.0259. The molecule has 0 unspecified atom stereocenters. The third-order valence-electron chi connectivity index (χ3n) is 2.86. The van der Waals surface area contributed by atoms with Crippen molar-refractivity contribution in [3.8, 4) is 0 Å². The summed E-state index contributed by atoms with van der Waals surface area (Å²) in [6, 6.07) is 4.29. The van der Waals surface area contributed by atoms with Crippen LogP contribution in [0.5, 0.6) is 0 Å². The number of carbonyl (C=O) groups excluding carboxylic acids is 1. The first-order valence-corrected chi connectivity index (χ1v) is 7.63. The molecule has 5 nitrogen and oxygen atoms in total. The Labute approximate surface area is 119 Å². The van der Waals surface area contributed by atoms with Crippen LogP contribution in [0.4, 0.5) is 18.9 Å². The molecule has 2 N–H and O–H groups in total. The molecule has 0 heterocycles. The predicted molar refractivity (Wildman–Crippen MR) is 69.3 cm³/mol. The Morgan fingerprint density at radius 1 is 1.19 bits per heavy atom. The summed E-state index contributed by atoms with van der Waals surface area (Å²) in [6.07, 6.45) is 1.91. The van der Waals surface area contributed by atoms with Gasteiger partial charge in [0.1, 0.15) is 0 Å². The van der Waals surface area contributed by atoms with Crippen molar-refractivity contribution >= 4 is 21.4 Å². The van der Waals surface area contributed by atoms with Gasteiger partial charge in [0.25, 0.3) is 9.84 Å². The molecule has 0 atom stereocenters. The van der Waals surface area contributed by atoms with Gasteiger partial charge in [-0.3, -0.25) is 4.79 Å². The summed E-state index contributed by atoms with van der Waals surface area (Å²) in [5.74, 6) is -0.218. The monoisotopic (exact) mass is 322 g/mol. The molecule has 21 heavy (non-hydrogen) atoms. The van der Waals surface area contributed by atoms with E-state index in [0.29, 0.717) is 5.69 Å². The third kappa shape index (κ3) is 3.87. The van der Waals surface area contributed by atoms with Crippen LogP contribution in [0.15, 0.2) is 29.2 Å². The molecule has 0 aromatic heterocycles. The number of amides is 1. The zero-order valence-electron chi connectivity index (χ0n) is 10.8. The molecule has 1 fully saturated rings. The lowest BCUT2D eigenvalue weighted by molar-refractivity contribution is -0.119. The van der Waals surface area contributed by atoms with Crippen molar-refractivity contribution in [2.75, 3.05) is 11.9 Å². The smallest absolute Gasteiger partial charge is 0.376 e. The minimum absolute atomic E-state index is 0.0259. The molecular weight excluding hydrogens is 309 g/mol. The molecule has 1 aliphatic carbocycles. The topological polar surface area (TPSA) is 75.3 Å². The van der Waals surface area contributed by atoms with Crippen LogP contribution in [0, 0.1) is 0 Å². The maximum atomic E-state index is 12.3. The minimum Gasteiger partial charge on any atom is -0.376 e. The van der Waals surface area contributed by atoms with Gasteiger partial charge >= 0.3 is 5.51 Å². The Bertz CT molecular complexity index is 622. The van der Waals surface area contributed by atoms with Gasteiger partial charge in [-0.2, -0.15) is 13.2 Å². The molecule has 1 amide bonds. The number of anilines is 1. The molecule has 0 saturated heterocycles. The largest absolute Gasteiger partial charge is 0.501 e. The van der Waals surface area contributed by atoms with E-state index in [1.165, 1.54) is 12.1 Å². The van der Waals surface area contributed by atoms with Gasteiger partial charge < -0.3 is 10.6 Å². The van der Waals surface area contributed by atoms with Crippen molar-refractivity contribution in [2.45, 2.75) is 29.3 Å². The van der Waals surface area contributed by atoms with Gasteiger partial charge in [-0.25, -0.2) is 8.42 Å². The molecule has 1 saturated carbocycles. The normalized spacial score (nSPS) is 15.6. The van der Waals surface area contributed by atoms with E-state index in [4.69, 9.17) is 0 Å². The maximum Gasteiger partial charge on any atom is 0.501 e. The summed E-state index contributed by atoms with van der Waals surface area (Å²) in [7, 11) is -5.34. The van der Waals surface area contributed by atoms with Gasteiger partial charge in [-0.1, -0.05) is 0 Å². The van der Waals surface area contributed by atoms with Crippen LogP contribution in [-0.4, -0.2) is 32.4 Å². The van der Waals surface area contributed by atoms with E-state index < -0.39 is 20.2 Å². The summed E-state index contributed by atoms with van der Waals surface area (Å²) in [5, 5.41) is 5.44. The second-order valence-corrected chi connectivity index (χ2v) is 6.61. The van der Waals surface area contributed by atoms with Crippen LogP contribution in [0.3, 0.4) is 0 Å². The average molecular weight is 322 g/mol. The second kappa shape index (κ2) is 5.55. The molecule has 0 aliphatic heterocycles. The Morgan fingerprint density at radius 3 is 2.24 bits per heavy atom. The van der Waals surface area contributed by atoms with Crippen molar-refractivity contribution in [1.82, 2.24) is 5.32 Å². The Morgan fingerprint density at radius 2 is 1.76 bits per heavy atom. The highest BCUT2D eigenvalue weighted by Crippen LogP contribution is 2.30. The highest BCUT2D eigenvalue weighted by molar-refractivity contribution is 7.92. The second-order valence-electron chi connectivity index (χ2n) is 4.67. The molecule has 0 radical (unpaired) electrons. The maximum absolute atomic E-state index is 12.3. The number of hydrogen-bond acceptors (Lipinski definition) is 4. The van der Waals surface area contributed by atoms with Crippen LogP contribution in [0.1, 0.15) is 12.8 Å². The van der Waals surface area contributed by atoms with Crippen LogP contribution in [-0.2, 0) is 14.6 Å². The van der Waals surface area contributed by atoms with Crippen molar-refractivity contribution in [3.63, 3.8) is 0 Å². The van der Waals surface area contributed by atoms with Crippen LogP contribution in [0.2, 0.25) is 0 Å². The molecule has 0 spiro atoms. The van der Waals surface area contributed by atoms with Gasteiger partial charge in [0, 0.05) is 11.7 Å². The van der Waals surface area contributed by atoms with Crippen molar-refractivity contribution in [3.05, 3.63) is 24.3 Å². The quantitative estimate of drug-likeness (QED) is 0.865. The molecule has 1 aromatic carbocycles. The molecule has 1 aromatic rings. The first kappa shape index (κ1) is 15.6. The van der Waals surface area contributed by atoms with Gasteiger partial charge in [-0.15, -0.1) is 0 Å². The number of alkyl halides is 3. The van der Waals surface area contributed by atoms with Crippen molar-refractivity contribution < 1.29 is 26.4 Å². The van der Waals surface area contributed by atoms with E-state index in [0.717, 1.165) is 25.0 Å². The number of rotatable bonds is 5. The number of nitrogens with one attached hydrogen (secondary N) is 2. The zero-order valence-corrected chi connectivity index (χ0v) is 11.6. The van der Waals surface area contributed by atoms with Crippen LogP contribution >= 0.6 is 0 Å². The van der Waals surface area contributed by atoms with Gasteiger partial charge in [0.2, 0.25) is 5.91 Å². The average Bonchev–Trinajstić information content (AvgIpc) is 3.19. The standard InChI is InChI=1S/C12H13F3N2O3S/c13-12(14,15)21(19,20)10-5-3-8(4-6-10)16-7-11(18)17-9-1-2-9/h3-6,9,16H,1-2,7H2,(H,17,18). The number of halogens is 3. The fraction of sp³-hybridized carbons (Fsp3) is 0.417. The molecule has 9 heteroatoms. The fourth-order valence-corrected chi connectivity index (χ4v) is 2.34. The number of carbonyl (C=O) groups is 1. The lowest BCUT2D eigenvalue weighted by Gasteiger charge is -2.10. The van der Waals surface area contributed by atoms with Crippen molar-refractivity contribution in [1.29, 1.82) is 0 Å². The third-order valence-corrected chi connectivity index (χ3v) is 4.37. The highest BCUT2D eigenvalue weighted by Gasteiger charge is 2.46. The molecular formula is C12H13F3N2O3S. The SMILES string of the molecule is O=C(CNc1ccc(S(=O)(=O)C(F)(F)F)cc1)NC1CC1. The van der Waals surface area contributed by atoms with Crippen LogP contribution < -0.4 is 10.6 Å². The molecule has 0 bridgehead atoms. The lowest BCUT2D eigenvalue weighted by Crippen LogP contribution is -2.31. The summed E-state index contributed by atoms with van der Waals surface area (Å²) in [4.78, 5) is 10.6. The lowest BCUT2D eigenvalue weighted by atomic mass is 10.3. The number of sulfone groups is 1. The van der Waals surface area contributed by atoms with Crippen molar-refractivity contribution in [2.24, 2.45) is 0 Å². The highest BCUT2D eigenvalue weighted by atomic mass is 32.2. The number of benzene rings is 1. The molecule has 2 rings (SSSR count). The number of hydrogen-bond donors (Lipinski definition) is 2. The Hall–Kier alpha value is -1.77. The first-order valence-electron chi connectivity index (χ1n) is 6.15. The van der Waals surface area contributed by atoms with Gasteiger partial charge in [0.15, 0.2) is 0 Å².